The maximum absolute atomic E-state index is 10.5. The minimum Gasteiger partial charge on any atom is -0.497 e. The molecule has 1 aromatic carbocycles. The molecule has 3 nitrogen and oxygen atoms in total. The van der Waals surface area contributed by atoms with Gasteiger partial charge in [0, 0.05) is 12.1 Å². The van der Waals surface area contributed by atoms with Gasteiger partial charge in [0.2, 0.25) is 0 Å². The smallest absolute Gasteiger partial charge is 0.166 e. The Morgan fingerprint density at radius 2 is 1.94 bits per heavy atom. The molecule has 0 saturated heterocycles. The molecule has 1 aromatic heterocycles. The van der Waals surface area contributed by atoms with E-state index in [1.165, 1.54) is 5.56 Å². The number of ether oxygens (including phenoxy) is 1. The average molecular weight is 215 g/mol. The predicted octanol–water partition coefficient (Wildman–Crippen LogP) is 2.43. The van der Waals surface area contributed by atoms with Crippen LogP contribution >= 0.6 is 0 Å². The number of nitrogens with one attached hydrogen (secondary N) is 1. The van der Waals surface area contributed by atoms with E-state index in [0.29, 0.717) is 5.69 Å². The van der Waals surface area contributed by atoms with Gasteiger partial charge >= 0.3 is 0 Å². The van der Waals surface area contributed by atoms with Crippen LogP contribution in [0.1, 0.15) is 21.7 Å². The first kappa shape index (κ1) is 10.5. The van der Waals surface area contributed by atoms with Crippen molar-refractivity contribution in [2.45, 2.75) is 6.42 Å². The van der Waals surface area contributed by atoms with Crippen LogP contribution in [0.5, 0.6) is 5.75 Å². The molecule has 2 rings (SSSR count). The first-order chi connectivity index (χ1) is 7.81. The quantitative estimate of drug-likeness (QED) is 0.796. The van der Waals surface area contributed by atoms with E-state index in [1.807, 2.05) is 30.3 Å². The van der Waals surface area contributed by atoms with Crippen molar-refractivity contribution >= 4 is 6.29 Å². The van der Waals surface area contributed by atoms with Gasteiger partial charge in [0.1, 0.15) is 5.75 Å². The molecule has 0 aliphatic rings. The number of rotatable bonds is 4. The average Bonchev–Trinajstić information content (AvgIpc) is 2.78. The molecule has 16 heavy (non-hydrogen) atoms. The highest BCUT2D eigenvalue weighted by atomic mass is 16.5. The lowest BCUT2D eigenvalue weighted by molar-refractivity contribution is 0.111. The minimum atomic E-state index is 0.614. The molecular formula is C13H13NO2. The number of H-pyrrole nitrogens is 1. The molecule has 0 aliphatic heterocycles. The Hall–Kier alpha value is -2.03. The van der Waals surface area contributed by atoms with Gasteiger partial charge in [-0.2, -0.15) is 0 Å². The van der Waals surface area contributed by atoms with Crippen molar-refractivity contribution in [3.63, 3.8) is 0 Å². The fourth-order valence-corrected chi connectivity index (χ4v) is 1.59. The van der Waals surface area contributed by atoms with E-state index < -0.39 is 0 Å². The Kier molecular flexibility index (Phi) is 3.05. The first-order valence-electron chi connectivity index (χ1n) is 5.08. The second-order valence-electron chi connectivity index (χ2n) is 3.58. The number of aldehydes is 1. The molecule has 0 fully saturated rings. The van der Waals surface area contributed by atoms with Gasteiger partial charge in [-0.3, -0.25) is 4.79 Å². The third-order valence-electron chi connectivity index (χ3n) is 2.45. The SMILES string of the molecule is COc1ccc(Cc2ccc(C=O)[nH]2)cc1. The lowest BCUT2D eigenvalue weighted by Gasteiger charge is -2.02. The molecular weight excluding hydrogens is 202 g/mol. The van der Waals surface area contributed by atoms with Crippen molar-refractivity contribution in [2.24, 2.45) is 0 Å². The summed E-state index contributed by atoms with van der Waals surface area (Å²) in [5.41, 5.74) is 2.83. The number of benzene rings is 1. The number of methoxy groups -OCH3 is 1. The predicted molar refractivity (Wildman–Crippen MR) is 62.0 cm³/mol. The van der Waals surface area contributed by atoms with Crippen LogP contribution in [-0.4, -0.2) is 18.4 Å². The molecule has 0 aliphatic carbocycles. The number of aromatic nitrogens is 1. The summed E-state index contributed by atoms with van der Waals surface area (Å²) in [7, 11) is 1.65. The zero-order valence-corrected chi connectivity index (χ0v) is 9.07. The lowest BCUT2D eigenvalue weighted by atomic mass is 10.1. The summed E-state index contributed by atoms with van der Waals surface area (Å²) >= 11 is 0. The fraction of sp³-hybridized carbons (Fsp3) is 0.154. The van der Waals surface area contributed by atoms with Crippen LogP contribution < -0.4 is 4.74 Å². The Morgan fingerprint density at radius 3 is 2.50 bits per heavy atom. The van der Waals surface area contributed by atoms with Gasteiger partial charge < -0.3 is 9.72 Å². The third kappa shape index (κ3) is 2.31. The van der Waals surface area contributed by atoms with Crippen LogP contribution in [0.15, 0.2) is 36.4 Å². The monoisotopic (exact) mass is 215 g/mol. The Balaban J connectivity index is 2.10. The Morgan fingerprint density at radius 1 is 1.19 bits per heavy atom. The number of hydrogen-bond donors (Lipinski definition) is 1. The summed E-state index contributed by atoms with van der Waals surface area (Å²) in [6, 6.07) is 11.6. The topological polar surface area (TPSA) is 42.1 Å². The normalized spacial score (nSPS) is 10.1. The highest BCUT2D eigenvalue weighted by molar-refractivity contribution is 5.72. The standard InChI is InChI=1S/C13H13NO2/c1-16-13-6-2-10(3-7-13)8-11-4-5-12(9-15)14-11/h2-7,9,14H,8H2,1H3. The minimum absolute atomic E-state index is 0.614. The van der Waals surface area contributed by atoms with E-state index in [4.69, 9.17) is 4.74 Å². The first-order valence-corrected chi connectivity index (χ1v) is 5.08. The molecule has 0 saturated carbocycles. The summed E-state index contributed by atoms with van der Waals surface area (Å²) in [4.78, 5) is 13.5. The van der Waals surface area contributed by atoms with Crippen molar-refractivity contribution < 1.29 is 9.53 Å². The van der Waals surface area contributed by atoms with E-state index in [2.05, 4.69) is 4.98 Å². The summed E-state index contributed by atoms with van der Waals surface area (Å²) in [6.45, 7) is 0. The number of hydrogen-bond acceptors (Lipinski definition) is 2. The molecule has 1 N–H and O–H groups in total. The van der Waals surface area contributed by atoms with Gasteiger partial charge in [-0.15, -0.1) is 0 Å². The van der Waals surface area contributed by atoms with Crippen molar-refractivity contribution in [3.05, 3.63) is 53.3 Å². The van der Waals surface area contributed by atoms with Gasteiger partial charge in [0.05, 0.1) is 12.8 Å². The highest BCUT2D eigenvalue weighted by Crippen LogP contribution is 2.14. The molecule has 82 valence electrons. The molecule has 0 spiro atoms. The molecule has 0 bridgehead atoms. The largest absolute Gasteiger partial charge is 0.497 e. The number of carbonyl (C=O) groups is 1. The fourth-order valence-electron chi connectivity index (χ4n) is 1.59. The molecule has 1 heterocycles. The van der Waals surface area contributed by atoms with Crippen molar-refractivity contribution in [3.8, 4) is 5.75 Å². The molecule has 2 aromatic rings. The molecule has 0 unspecified atom stereocenters. The Labute approximate surface area is 94.1 Å². The number of aromatic amines is 1. The Bertz CT molecular complexity index is 471. The van der Waals surface area contributed by atoms with E-state index in [9.17, 15) is 4.79 Å². The second-order valence-corrected chi connectivity index (χ2v) is 3.58. The van der Waals surface area contributed by atoms with Gasteiger partial charge in [0.25, 0.3) is 0 Å². The molecule has 0 amide bonds. The van der Waals surface area contributed by atoms with Gasteiger partial charge in [-0.05, 0) is 29.8 Å². The maximum Gasteiger partial charge on any atom is 0.166 e. The van der Waals surface area contributed by atoms with Crippen molar-refractivity contribution in [2.75, 3.05) is 7.11 Å². The van der Waals surface area contributed by atoms with E-state index in [1.54, 1.807) is 13.2 Å². The van der Waals surface area contributed by atoms with Gasteiger partial charge in [0.15, 0.2) is 6.29 Å². The third-order valence-corrected chi connectivity index (χ3v) is 2.45. The summed E-state index contributed by atoms with van der Waals surface area (Å²) in [5.74, 6) is 0.851. The van der Waals surface area contributed by atoms with Gasteiger partial charge in [-0.25, -0.2) is 0 Å². The molecule has 0 atom stereocenters. The van der Waals surface area contributed by atoms with E-state index in [0.717, 1.165) is 24.2 Å². The lowest BCUT2D eigenvalue weighted by Crippen LogP contribution is -1.90. The van der Waals surface area contributed by atoms with Crippen LogP contribution in [0, 0.1) is 0 Å². The van der Waals surface area contributed by atoms with Crippen LogP contribution in [-0.2, 0) is 6.42 Å². The van der Waals surface area contributed by atoms with Crippen LogP contribution in [0.2, 0.25) is 0 Å². The van der Waals surface area contributed by atoms with E-state index >= 15 is 0 Å². The second kappa shape index (κ2) is 4.66. The molecule has 3 heteroatoms. The van der Waals surface area contributed by atoms with Crippen molar-refractivity contribution in [1.82, 2.24) is 4.98 Å². The maximum atomic E-state index is 10.5. The summed E-state index contributed by atoms with van der Waals surface area (Å²) in [6.07, 6.45) is 1.61. The van der Waals surface area contributed by atoms with E-state index in [-0.39, 0.29) is 0 Å². The zero-order valence-electron chi connectivity index (χ0n) is 9.07. The van der Waals surface area contributed by atoms with Crippen LogP contribution in [0.25, 0.3) is 0 Å². The highest BCUT2D eigenvalue weighted by Gasteiger charge is 2.00. The zero-order chi connectivity index (χ0) is 11.4. The number of carbonyl (C=O) groups excluding carboxylic acids is 1. The molecule has 0 radical (unpaired) electrons. The summed E-state index contributed by atoms with van der Waals surface area (Å²) < 4.78 is 5.09. The summed E-state index contributed by atoms with van der Waals surface area (Å²) in [5, 5.41) is 0. The van der Waals surface area contributed by atoms with Crippen LogP contribution in [0.4, 0.5) is 0 Å². The van der Waals surface area contributed by atoms with Gasteiger partial charge in [-0.1, -0.05) is 12.1 Å². The van der Waals surface area contributed by atoms with Crippen molar-refractivity contribution in [1.29, 1.82) is 0 Å². The van der Waals surface area contributed by atoms with Crippen LogP contribution in [0.3, 0.4) is 0 Å².